The zero-order chi connectivity index (χ0) is 13.1. The lowest BCUT2D eigenvalue weighted by molar-refractivity contribution is -0.132. The number of hydrogen-bond donors (Lipinski definition) is 1. The fourth-order valence-corrected chi connectivity index (χ4v) is 4.17. The number of carbonyl (C=O) groups is 1. The van der Waals surface area contributed by atoms with Crippen molar-refractivity contribution < 1.29 is 4.79 Å². The van der Waals surface area contributed by atoms with Gasteiger partial charge in [0.15, 0.2) is 0 Å². The molecule has 2 heterocycles. The summed E-state index contributed by atoms with van der Waals surface area (Å²) in [6, 6.07) is 0.521. The largest absolute Gasteiger partial charge is 0.322 e. The van der Waals surface area contributed by atoms with Crippen LogP contribution >= 0.6 is 11.8 Å². The van der Waals surface area contributed by atoms with E-state index in [2.05, 4.69) is 31.0 Å². The Morgan fingerprint density at radius 1 is 1.50 bits per heavy atom. The monoisotopic (exact) mass is 270 g/mol. The van der Waals surface area contributed by atoms with Crippen molar-refractivity contribution in [1.82, 2.24) is 10.2 Å². The third kappa shape index (κ3) is 2.85. The van der Waals surface area contributed by atoms with Crippen LogP contribution in [0.3, 0.4) is 0 Å². The first-order chi connectivity index (χ1) is 8.65. The van der Waals surface area contributed by atoms with Gasteiger partial charge in [-0.05, 0) is 30.9 Å². The second kappa shape index (κ2) is 6.29. The first-order valence-corrected chi connectivity index (χ1v) is 8.46. The summed E-state index contributed by atoms with van der Waals surface area (Å²) in [5.41, 5.74) is 0. The number of thioether (sulfide) groups is 1. The van der Waals surface area contributed by atoms with E-state index in [4.69, 9.17) is 0 Å². The lowest BCUT2D eigenvalue weighted by Gasteiger charge is -2.36. The fraction of sp³-hybridized carbons (Fsp3) is 0.929. The van der Waals surface area contributed by atoms with Crippen molar-refractivity contribution in [1.29, 1.82) is 0 Å². The summed E-state index contributed by atoms with van der Waals surface area (Å²) in [6.07, 6.45) is 4.72. The Balaban J connectivity index is 2.10. The molecule has 0 radical (unpaired) electrons. The molecule has 0 saturated carbocycles. The SMILES string of the molecule is CCCC1NC(C(C)C)N(C2CCCSC2)C1=O. The highest BCUT2D eigenvalue weighted by Gasteiger charge is 2.43. The molecule has 0 aliphatic carbocycles. The number of hydrogen-bond acceptors (Lipinski definition) is 3. The van der Waals surface area contributed by atoms with E-state index in [9.17, 15) is 4.79 Å². The summed E-state index contributed by atoms with van der Waals surface area (Å²) >= 11 is 2.00. The molecule has 4 heteroatoms. The molecule has 2 aliphatic heterocycles. The van der Waals surface area contributed by atoms with Crippen LogP contribution in [-0.4, -0.2) is 40.6 Å². The Bertz CT molecular complexity index is 290. The van der Waals surface area contributed by atoms with E-state index >= 15 is 0 Å². The summed E-state index contributed by atoms with van der Waals surface area (Å²) in [5.74, 6) is 3.22. The minimum Gasteiger partial charge on any atom is -0.322 e. The van der Waals surface area contributed by atoms with Crippen LogP contribution in [0.15, 0.2) is 0 Å². The van der Waals surface area contributed by atoms with Crippen molar-refractivity contribution in [3.8, 4) is 0 Å². The molecule has 0 spiro atoms. The maximum Gasteiger partial charge on any atom is 0.241 e. The minimum absolute atomic E-state index is 0.0642. The maximum absolute atomic E-state index is 12.6. The highest BCUT2D eigenvalue weighted by atomic mass is 32.2. The molecule has 18 heavy (non-hydrogen) atoms. The van der Waals surface area contributed by atoms with Gasteiger partial charge in [-0.15, -0.1) is 0 Å². The molecule has 0 bridgehead atoms. The lowest BCUT2D eigenvalue weighted by Crippen LogP contribution is -2.49. The van der Waals surface area contributed by atoms with Gasteiger partial charge in [-0.3, -0.25) is 10.1 Å². The second-order valence-electron chi connectivity index (χ2n) is 5.81. The van der Waals surface area contributed by atoms with Gasteiger partial charge in [0.2, 0.25) is 5.91 Å². The quantitative estimate of drug-likeness (QED) is 0.852. The van der Waals surface area contributed by atoms with Gasteiger partial charge in [-0.2, -0.15) is 11.8 Å². The maximum atomic E-state index is 12.6. The van der Waals surface area contributed by atoms with E-state index in [-0.39, 0.29) is 12.2 Å². The van der Waals surface area contributed by atoms with E-state index in [1.165, 1.54) is 18.6 Å². The number of nitrogens with zero attached hydrogens (tertiary/aromatic N) is 1. The van der Waals surface area contributed by atoms with Crippen LogP contribution in [0.1, 0.15) is 46.5 Å². The first-order valence-electron chi connectivity index (χ1n) is 7.31. The molecular weight excluding hydrogens is 244 g/mol. The third-order valence-corrected chi connectivity index (χ3v) is 5.16. The van der Waals surface area contributed by atoms with E-state index in [0.717, 1.165) is 18.6 Å². The van der Waals surface area contributed by atoms with E-state index in [0.29, 0.717) is 17.9 Å². The van der Waals surface area contributed by atoms with Gasteiger partial charge in [0, 0.05) is 11.8 Å². The van der Waals surface area contributed by atoms with Crippen molar-refractivity contribution in [3.05, 3.63) is 0 Å². The molecule has 2 aliphatic rings. The number of rotatable bonds is 4. The molecule has 2 saturated heterocycles. The Morgan fingerprint density at radius 2 is 2.28 bits per heavy atom. The normalized spacial score (nSPS) is 33.4. The molecule has 2 rings (SSSR count). The molecule has 3 nitrogen and oxygen atoms in total. The Hall–Kier alpha value is -0.220. The third-order valence-electron chi connectivity index (χ3n) is 3.96. The highest BCUT2D eigenvalue weighted by Crippen LogP contribution is 2.29. The van der Waals surface area contributed by atoms with Crippen molar-refractivity contribution >= 4 is 17.7 Å². The average Bonchev–Trinajstić information content (AvgIpc) is 2.69. The molecule has 104 valence electrons. The van der Waals surface area contributed by atoms with Gasteiger partial charge >= 0.3 is 0 Å². The number of amides is 1. The topological polar surface area (TPSA) is 32.3 Å². The molecular formula is C14H26N2OS. The Morgan fingerprint density at radius 3 is 2.83 bits per heavy atom. The van der Waals surface area contributed by atoms with Crippen LogP contribution in [0, 0.1) is 5.92 Å². The van der Waals surface area contributed by atoms with Gasteiger partial charge in [0.25, 0.3) is 0 Å². The average molecular weight is 270 g/mol. The van der Waals surface area contributed by atoms with Crippen LogP contribution < -0.4 is 5.32 Å². The van der Waals surface area contributed by atoms with Crippen molar-refractivity contribution in [2.45, 2.75) is 64.7 Å². The van der Waals surface area contributed by atoms with Crippen LogP contribution in [0.4, 0.5) is 0 Å². The van der Waals surface area contributed by atoms with Crippen LogP contribution in [0.5, 0.6) is 0 Å². The molecule has 1 amide bonds. The number of carbonyl (C=O) groups excluding carboxylic acids is 1. The number of nitrogens with one attached hydrogen (secondary N) is 1. The lowest BCUT2D eigenvalue weighted by atomic mass is 10.1. The van der Waals surface area contributed by atoms with Crippen molar-refractivity contribution in [2.24, 2.45) is 5.92 Å². The molecule has 3 unspecified atom stereocenters. The van der Waals surface area contributed by atoms with Crippen molar-refractivity contribution in [2.75, 3.05) is 11.5 Å². The highest BCUT2D eigenvalue weighted by molar-refractivity contribution is 7.99. The summed E-state index contributed by atoms with van der Waals surface area (Å²) in [6.45, 7) is 6.57. The Kier molecular flexibility index (Phi) is 4.96. The minimum atomic E-state index is 0.0642. The summed E-state index contributed by atoms with van der Waals surface area (Å²) in [5, 5.41) is 3.56. The van der Waals surface area contributed by atoms with Gasteiger partial charge in [-0.1, -0.05) is 27.2 Å². The van der Waals surface area contributed by atoms with Crippen LogP contribution in [0.25, 0.3) is 0 Å². The van der Waals surface area contributed by atoms with Crippen molar-refractivity contribution in [3.63, 3.8) is 0 Å². The van der Waals surface area contributed by atoms with Gasteiger partial charge in [0.1, 0.15) is 0 Å². The van der Waals surface area contributed by atoms with Crippen LogP contribution in [0.2, 0.25) is 0 Å². The van der Waals surface area contributed by atoms with E-state index < -0.39 is 0 Å². The second-order valence-corrected chi connectivity index (χ2v) is 6.96. The molecule has 0 aromatic heterocycles. The predicted molar refractivity (Wildman–Crippen MR) is 77.7 cm³/mol. The Labute approximate surface area is 115 Å². The van der Waals surface area contributed by atoms with Gasteiger partial charge < -0.3 is 4.90 Å². The zero-order valence-electron chi connectivity index (χ0n) is 11.8. The predicted octanol–water partition coefficient (Wildman–Crippen LogP) is 2.46. The summed E-state index contributed by atoms with van der Waals surface area (Å²) in [4.78, 5) is 14.7. The molecule has 1 N–H and O–H groups in total. The molecule has 3 atom stereocenters. The fourth-order valence-electron chi connectivity index (χ4n) is 3.03. The first kappa shape index (κ1) is 14.2. The van der Waals surface area contributed by atoms with Crippen LogP contribution in [-0.2, 0) is 4.79 Å². The van der Waals surface area contributed by atoms with E-state index in [1.807, 2.05) is 11.8 Å². The molecule has 0 aromatic carbocycles. The van der Waals surface area contributed by atoms with Gasteiger partial charge in [-0.25, -0.2) is 0 Å². The summed E-state index contributed by atoms with van der Waals surface area (Å²) in [7, 11) is 0. The molecule has 0 aromatic rings. The smallest absolute Gasteiger partial charge is 0.241 e. The molecule has 2 fully saturated rings. The standard InChI is InChI=1S/C14H26N2OS/c1-4-6-12-14(17)16(13(15-12)10(2)3)11-7-5-8-18-9-11/h10-13,15H,4-9H2,1-3H3. The van der Waals surface area contributed by atoms with Gasteiger partial charge in [0.05, 0.1) is 12.2 Å². The summed E-state index contributed by atoms with van der Waals surface area (Å²) < 4.78 is 0. The zero-order valence-corrected chi connectivity index (χ0v) is 12.6. The van der Waals surface area contributed by atoms with E-state index in [1.54, 1.807) is 0 Å².